The van der Waals surface area contributed by atoms with Crippen molar-refractivity contribution in [3.63, 3.8) is 0 Å². The number of benzene rings is 2. The van der Waals surface area contributed by atoms with Crippen LogP contribution in [-0.2, 0) is 16.1 Å². The van der Waals surface area contributed by atoms with Crippen molar-refractivity contribution >= 4 is 12.2 Å². The molecule has 0 radical (unpaired) electrons. The third kappa shape index (κ3) is 4.20. The van der Waals surface area contributed by atoms with Gasteiger partial charge in [-0.2, -0.15) is 0 Å². The number of hydrogen-bond donors (Lipinski definition) is 1. The monoisotopic (exact) mass is 295 g/mol. The number of alkyl carbamates (subject to hydrolysis) is 1. The van der Waals surface area contributed by atoms with E-state index in [0.29, 0.717) is 6.61 Å². The highest BCUT2D eigenvalue weighted by molar-refractivity contribution is 5.72. The Bertz CT molecular complexity index is 649. The van der Waals surface area contributed by atoms with E-state index in [2.05, 4.69) is 5.32 Å². The smallest absolute Gasteiger partial charge is 0.411 e. The molecular formula is C18H17NO3. The summed E-state index contributed by atoms with van der Waals surface area (Å²) in [5.41, 5.74) is 2.69. The Morgan fingerprint density at radius 3 is 2.41 bits per heavy atom. The van der Waals surface area contributed by atoms with E-state index in [4.69, 9.17) is 9.47 Å². The molecule has 4 heteroatoms. The van der Waals surface area contributed by atoms with Gasteiger partial charge in [-0.25, -0.2) is 4.79 Å². The third-order valence-corrected chi connectivity index (χ3v) is 3.26. The van der Waals surface area contributed by atoms with Crippen molar-refractivity contribution in [2.45, 2.75) is 12.7 Å². The van der Waals surface area contributed by atoms with Crippen LogP contribution in [0.3, 0.4) is 0 Å². The molecule has 0 saturated carbocycles. The van der Waals surface area contributed by atoms with Crippen LogP contribution in [0.4, 0.5) is 4.79 Å². The van der Waals surface area contributed by atoms with E-state index in [0.717, 1.165) is 16.8 Å². The first-order valence-electron chi connectivity index (χ1n) is 7.17. The highest BCUT2D eigenvalue weighted by Crippen LogP contribution is 2.20. The highest BCUT2D eigenvalue weighted by atomic mass is 16.6. The maximum atomic E-state index is 11.9. The van der Waals surface area contributed by atoms with Crippen LogP contribution in [0.15, 0.2) is 66.4 Å². The van der Waals surface area contributed by atoms with Crippen molar-refractivity contribution < 1.29 is 14.3 Å². The van der Waals surface area contributed by atoms with Gasteiger partial charge in [0.25, 0.3) is 0 Å². The van der Waals surface area contributed by atoms with Crippen molar-refractivity contribution in [3.05, 3.63) is 77.5 Å². The molecule has 0 bridgehead atoms. The lowest BCUT2D eigenvalue weighted by Crippen LogP contribution is -2.26. The van der Waals surface area contributed by atoms with Gasteiger partial charge in [-0.05, 0) is 17.2 Å². The fraction of sp³-hybridized carbons (Fsp3) is 0.167. The van der Waals surface area contributed by atoms with E-state index in [1.807, 2.05) is 66.7 Å². The van der Waals surface area contributed by atoms with Gasteiger partial charge >= 0.3 is 6.09 Å². The zero-order valence-corrected chi connectivity index (χ0v) is 12.1. The van der Waals surface area contributed by atoms with Crippen molar-refractivity contribution in [2.24, 2.45) is 0 Å². The van der Waals surface area contributed by atoms with Gasteiger partial charge in [-0.3, -0.25) is 5.32 Å². The van der Waals surface area contributed by atoms with Gasteiger partial charge in [0.05, 0.1) is 12.3 Å². The van der Waals surface area contributed by atoms with Crippen molar-refractivity contribution in [1.29, 1.82) is 0 Å². The molecule has 4 nitrogen and oxygen atoms in total. The van der Waals surface area contributed by atoms with E-state index >= 15 is 0 Å². The fourth-order valence-corrected chi connectivity index (χ4v) is 2.04. The predicted molar refractivity (Wildman–Crippen MR) is 83.9 cm³/mol. The maximum absolute atomic E-state index is 11.9. The Morgan fingerprint density at radius 1 is 1.14 bits per heavy atom. The van der Waals surface area contributed by atoms with E-state index in [1.54, 1.807) is 0 Å². The van der Waals surface area contributed by atoms with E-state index < -0.39 is 6.09 Å². The molecule has 1 aliphatic heterocycles. The summed E-state index contributed by atoms with van der Waals surface area (Å²) in [4.78, 5) is 11.9. The number of carbonyl (C=O) groups excluding carboxylic acids is 1. The summed E-state index contributed by atoms with van der Waals surface area (Å²) in [7, 11) is 0. The number of rotatable bonds is 5. The number of amides is 1. The summed E-state index contributed by atoms with van der Waals surface area (Å²) in [6.07, 6.45) is 1.38. The lowest BCUT2D eigenvalue weighted by Gasteiger charge is -2.09. The van der Waals surface area contributed by atoms with E-state index in [-0.39, 0.29) is 12.7 Å². The van der Waals surface area contributed by atoms with E-state index in [1.165, 1.54) is 0 Å². The summed E-state index contributed by atoms with van der Waals surface area (Å²) in [6, 6.07) is 19.4. The predicted octanol–water partition coefficient (Wildman–Crippen LogP) is 3.35. The molecule has 1 amide bonds. The molecule has 1 unspecified atom stereocenters. The summed E-state index contributed by atoms with van der Waals surface area (Å²) < 4.78 is 10.5. The molecule has 2 aromatic rings. The number of epoxide rings is 1. The molecule has 1 aliphatic rings. The van der Waals surface area contributed by atoms with Crippen molar-refractivity contribution in [3.8, 4) is 0 Å². The van der Waals surface area contributed by atoms with Gasteiger partial charge in [-0.1, -0.05) is 60.7 Å². The first-order valence-corrected chi connectivity index (χ1v) is 7.17. The Kier molecular flexibility index (Phi) is 4.51. The molecule has 1 heterocycles. The molecule has 22 heavy (non-hydrogen) atoms. The Labute approximate surface area is 129 Å². The molecule has 1 fully saturated rings. The summed E-state index contributed by atoms with van der Waals surface area (Å²) in [5, 5.41) is 2.77. The van der Waals surface area contributed by atoms with Crippen molar-refractivity contribution in [2.75, 3.05) is 6.61 Å². The molecule has 3 rings (SSSR count). The standard InChI is InChI=1S/C18H17NO3/c20-18(22-12-15-9-5-2-6-10-15)19-16(17-13-21-17)11-14-7-3-1-4-8-14/h1-11,17H,12-13H2,(H,19,20). The topological polar surface area (TPSA) is 50.9 Å². The van der Waals surface area contributed by atoms with Crippen LogP contribution in [-0.4, -0.2) is 18.8 Å². The number of nitrogens with one attached hydrogen (secondary N) is 1. The van der Waals surface area contributed by atoms with Gasteiger partial charge in [0, 0.05) is 0 Å². The number of ether oxygens (including phenoxy) is 2. The molecule has 1 atom stereocenters. The third-order valence-electron chi connectivity index (χ3n) is 3.26. The first kappa shape index (κ1) is 14.4. The molecular weight excluding hydrogens is 278 g/mol. The minimum absolute atomic E-state index is 0.0514. The Balaban J connectivity index is 1.59. The quantitative estimate of drug-likeness (QED) is 0.861. The molecule has 112 valence electrons. The van der Waals surface area contributed by atoms with Crippen LogP contribution in [0.1, 0.15) is 11.1 Å². The minimum atomic E-state index is -0.471. The van der Waals surface area contributed by atoms with Crippen LogP contribution >= 0.6 is 0 Å². The van der Waals surface area contributed by atoms with Gasteiger partial charge in [0.2, 0.25) is 0 Å². The first-order chi connectivity index (χ1) is 10.8. The van der Waals surface area contributed by atoms with Crippen LogP contribution in [0.5, 0.6) is 0 Å². The second-order valence-electron chi connectivity index (χ2n) is 5.02. The van der Waals surface area contributed by atoms with Gasteiger partial charge in [-0.15, -0.1) is 0 Å². The lowest BCUT2D eigenvalue weighted by atomic mass is 10.1. The summed E-state index contributed by atoms with van der Waals surface area (Å²) >= 11 is 0. The van der Waals surface area contributed by atoms with Crippen LogP contribution < -0.4 is 5.32 Å². The van der Waals surface area contributed by atoms with Crippen LogP contribution in [0, 0.1) is 0 Å². The molecule has 0 spiro atoms. The average Bonchev–Trinajstić information content (AvgIpc) is 3.39. The molecule has 0 aromatic heterocycles. The van der Waals surface area contributed by atoms with Crippen LogP contribution in [0.2, 0.25) is 0 Å². The Morgan fingerprint density at radius 2 is 1.77 bits per heavy atom. The molecule has 2 aromatic carbocycles. The normalized spacial score (nSPS) is 16.9. The number of carbonyl (C=O) groups is 1. The van der Waals surface area contributed by atoms with Gasteiger partial charge < -0.3 is 9.47 Å². The van der Waals surface area contributed by atoms with Crippen molar-refractivity contribution in [1.82, 2.24) is 5.32 Å². The Hall–Kier alpha value is -2.59. The summed E-state index contributed by atoms with van der Waals surface area (Å²) in [6.45, 7) is 0.869. The molecule has 0 aliphatic carbocycles. The average molecular weight is 295 g/mol. The maximum Gasteiger partial charge on any atom is 0.411 e. The van der Waals surface area contributed by atoms with Crippen LogP contribution in [0.25, 0.3) is 6.08 Å². The zero-order valence-electron chi connectivity index (χ0n) is 12.1. The number of hydrogen-bond acceptors (Lipinski definition) is 3. The van der Waals surface area contributed by atoms with Gasteiger partial charge in [0.1, 0.15) is 12.7 Å². The highest BCUT2D eigenvalue weighted by Gasteiger charge is 2.29. The van der Waals surface area contributed by atoms with E-state index in [9.17, 15) is 4.79 Å². The molecule has 1 saturated heterocycles. The summed E-state index contributed by atoms with van der Waals surface area (Å²) in [5.74, 6) is 0. The molecule has 1 N–H and O–H groups in total. The largest absolute Gasteiger partial charge is 0.444 e. The second-order valence-corrected chi connectivity index (χ2v) is 5.02. The van der Waals surface area contributed by atoms with Gasteiger partial charge in [0.15, 0.2) is 0 Å². The second kappa shape index (κ2) is 6.91. The lowest BCUT2D eigenvalue weighted by molar-refractivity contribution is 0.142. The SMILES string of the molecule is O=C(NC(=Cc1ccccc1)C1CO1)OCc1ccccc1. The fourth-order valence-electron chi connectivity index (χ4n) is 2.04. The minimum Gasteiger partial charge on any atom is -0.444 e. The zero-order chi connectivity index (χ0) is 15.2.